The number of benzene rings is 2. The highest BCUT2D eigenvalue weighted by molar-refractivity contribution is 7.95. The molecule has 0 bridgehead atoms. The van der Waals surface area contributed by atoms with Crippen LogP contribution in [0.4, 0.5) is 0 Å². The molecule has 2 aromatic carbocycles. The van der Waals surface area contributed by atoms with Crippen molar-refractivity contribution < 1.29 is 8.42 Å². The van der Waals surface area contributed by atoms with Gasteiger partial charge in [0, 0.05) is 4.91 Å². The minimum absolute atomic E-state index is 0.122. The van der Waals surface area contributed by atoms with Gasteiger partial charge in [-0.05, 0) is 37.0 Å². The molecule has 0 aliphatic rings. The molecule has 0 radical (unpaired) electrons. The number of sulfone groups is 1. The van der Waals surface area contributed by atoms with Crippen molar-refractivity contribution in [2.45, 2.75) is 31.1 Å². The van der Waals surface area contributed by atoms with E-state index in [1.807, 2.05) is 38.1 Å². The van der Waals surface area contributed by atoms with Gasteiger partial charge in [-0.2, -0.15) is 0 Å². The fourth-order valence-corrected chi connectivity index (χ4v) is 3.55. The van der Waals surface area contributed by atoms with Crippen LogP contribution < -0.4 is 0 Å². The van der Waals surface area contributed by atoms with Crippen LogP contribution in [0.25, 0.3) is 0 Å². The van der Waals surface area contributed by atoms with Gasteiger partial charge in [0.05, 0.1) is 4.90 Å². The van der Waals surface area contributed by atoms with E-state index in [1.54, 1.807) is 30.3 Å². The molecular weight excluding hydrogens is 280 g/mol. The third-order valence-electron chi connectivity index (χ3n) is 3.61. The SMILES string of the molecule is C=C(CC(C)c1ccc(C)cc1)S(=O)(=O)c1ccccc1. The molecule has 0 spiro atoms. The van der Waals surface area contributed by atoms with E-state index < -0.39 is 9.84 Å². The normalized spacial score (nSPS) is 12.9. The van der Waals surface area contributed by atoms with E-state index in [-0.39, 0.29) is 10.8 Å². The maximum atomic E-state index is 12.5. The largest absolute Gasteiger partial charge is 0.219 e. The van der Waals surface area contributed by atoms with Crippen molar-refractivity contribution in [2.75, 3.05) is 0 Å². The smallest absolute Gasteiger partial charge is 0.202 e. The highest BCUT2D eigenvalue weighted by atomic mass is 32.2. The Morgan fingerprint density at radius 1 is 1.05 bits per heavy atom. The summed E-state index contributed by atoms with van der Waals surface area (Å²) in [6, 6.07) is 16.6. The van der Waals surface area contributed by atoms with E-state index in [2.05, 4.69) is 6.58 Å². The van der Waals surface area contributed by atoms with Crippen molar-refractivity contribution >= 4 is 9.84 Å². The van der Waals surface area contributed by atoms with Crippen molar-refractivity contribution in [1.29, 1.82) is 0 Å². The zero-order chi connectivity index (χ0) is 15.5. The van der Waals surface area contributed by atoms with Crippen LogP contribution in [0.2, 0.25) is 0 Å². The zero-order valence-electron chi connectivity index (χ0n) is 12.4. The molecule has 0 aromatic heterocycles. The van der Waals surface area contributed by atoms with Crippen LogP contribution in [-0.4, -0.2) is 8.42 Å². The van der Waals surface area contributed by atoms with E-state index in [4.69, 9.17) is 0 Å². The molecule has 110 valence electrons. The molecule has 0 heterocycles. The van der Waals surface area contributed by atoms with Crippen LogP contribution in [0, 0.1) is 6.92 Å². The Bertz CT molecular complexity index is 714. The number of hydrogen-bond donors (Lipinski definition) is 0. The summed E-state index contributed by atoms with van der Waals surface area (Å²) in [5.41, 5.74) is 2.33. The lowest BCUT2D eigenvalue weighted by Crippen LogP contribution is -2.07. The van der Waals surface area contributed by atoms with Gasteiger partial charge >= 0.3 is 0 Å². The van der Waals surface area contributed by atoms with Crippen molar-refractivity contribution in [2.24, 2.45) is 0 Å². The molecule has 0 aliphatic carbocycles. The lowest BCUT2D eigenvalue weighted by atomic mass is 9.97. The molecule has 2 rings (SSSR count). The lowest BCUT2D eigenvalue weighted by molar-refractivity contribution is 0.598. The highest BCUT2D eigenvalue weighted by Gasteiger charge is 2.20. The summed E-state index contributed by atoms with van der Waals surface area (Å²) < 4.78 is 24.9. The van der Waals surface area contributed by atoms with E-state index in [0.717, 1.165) is 5.56 Å². The minimum Gasteiger partial charge on any atom is -0.219 e. The third kappa shape index (κ3) is 3.61. The molecule has 2 aromatic rings. The highest BCUT2D eigenvalue weighted by Crippen LogP contribution is 2.28. The van der Waals surface area contributed by atoms with Crippen molar-refractivity contribution in [3.63, 3.8) is 0 Å². The lowest BCUT2D eigenvalue weighted by Gasteiger charge is -2.14. The third-order valence-corrected chi connectivity index (χ3v) is 5.43. The van der Waals surface area contributed by atoms with Gasteiger partial charge in [0.25, 0.3) is 0 Å². The second kappa shape index (κ2) is 6.27. The number of hydrogen-bond acceptors (Lipinski definition) is 2. The standard InChI is InChI=1S/C18H20O2S/c1-14-9-11-17(12-10-14)15(2)13-16(3)21(19,20)18-7-5-4-6-8-18/h4-12,15H,3,13H2,1-2H3. The van der Waals surface area contributed by atoms with Gasteiger partial charge in [0.1, 0.15) is 0 Å². The summed E-state index contributed by atoms with van der Waals surface area (Å²) in [7, 11) is -3.44. The molecule has 21 heavy (non-hydrogen) atoms. The van der Waals surface area contributed by atoms with Crippen molar-refractivity contribution in [1.82, 2.24) is 0 Å². The Morgan fingerprint density at radius 3 is 2.19 bits per heavy atom. The van der Waals surface area contributed by atoms with Gasteiger partial charge in [0.2, 0.25) is 9.84 Å². The Hall–Kier alpha value is -1.87. The first kappa shape index (κ1) is 15.5. The molecule has 0 fully saturated rings. The summed E-state index contributed by atoms with van der Waals surface area (Å²) in [5.74, 6) is 0.122. The fraction of sp³-hybridized carbons (Fsp3) is 0.222. The topological polar surface area (TPSA) is 34.1 Å². The molecule has 1 atom stereocenters. The van der Waals surface area contributed by atoms with E-state index in [1.165, 1.54) is 5.56 Å². The fourth-order valence-electron chi connectivity index (χ4n) is 2.23. The Labute approximate surface area is 127 Å². The second-order valence-electron chi connectivity index (χ2n) is 5.37. The second-order valence-corrected chi connectivity index (χ2v) is 7.43. The molecule has 0 saturated heterocycles. The first-order chi connectivity index (χ1) is 9.91. The summed E-state index contributed by atoms with van der Waals surface area (Å²) in [5, 5.41) is 0. The molecule has 0 aliphatic heterocycles. The number of rotatable bonds is 5. The van der Waals surface area contributed by atoms with Gasteiger partial charge in [-0.25, -0.2) is 8.42 Å². The van der Waals surface area contributed by atoms with E-state index in [9.17, 15) is 8.42 Å². The summed E-state index contributed by atoms with van der Waals surface area (Å²) in [6.45, 7) is 7.86. The van der Waals surface area contributed by atoms with Crippen LogP contribution in [-0.2, 0) is 9.84 Å². The first-order valence-corrected chi connectivity index (χ1v) is 8.44. The quantitative estimate of drug-likeness (QED) is 0.816. The van der Waals surface area contributed by atoms with Crippen molar-refractivity contribution in [3.8, 4) is 0 Å². The van der Waals surface area contributed by atoms with Crippen molar-refractivity contribution in [3.05, 3.63) is 77.2 Å². The molecule has 0 amide bonds. The Balaban J connectivity index is 2.16. The molecule has 1 unspecified atom stereocenters. The van der Waals surface area contributed by atoms with Gasteiger partial charge in [0.15, 0.2) is 0 Å². The summed E-state index contributed by atoms with van der Waals surface area (Å²) in [6.07, 6.45) is 0.431. The molecule has 3 heteroatoms. The minimum atomic E-state index is -3.44. The Morgan fingerprint density at radius 2 is 1.62 bits per heavy atom. The molecule has 0 N–H and O–H groups in total. The number of allylic oxidation sites excluding steroid dienone is 1. The zero-order valence-corrected chi connectivity index (χ0v) is 13.2. The van der Waals surface area contributed by atoms with E-state index in [0.29, 0.717) is 11.3 Å². The first-order valence-electron chi connectivity index (χ1n) is 6.96. The van der Waals surface area contributed by atoms with E-state index >= 15 is 0 Å². The summed E-state index contributed by atoms with van der Waals surface area (Å²) >= 11 is 0. The van der Waals surface area contributed by atoms with Crippen LogP contribution in [0.1, 0.15) is 30.4 Å². The van der Waals surface area contributed by atoms with Crippen LogP contribution >= 0.6 is 0 Å². The monoisotopic (exact) mass is 300 g/mol. The maximum Gasteiger partial charge on any atom is 0.202 e. The summed E-state index contributed by atoms with van der Waals surface area (Å²) in [4.78, 5) is 0.577. The van der Waals surface area contributed by atoms with Gasteiger partial charge < -0.3 is 0 Å². The Kier molecular flexibility index (Phi) is 4.63. The number of aryl methyl sites for hydroxylation is 1. The average Bonchev–Trinajstić information content (AvgIpc) is 2.48. The average molecular weight is 300 g/mol. The maximum absolute atomic E-state index is 12.5. The van der Waals surface area contributed by atoms with Crippen LogP contribution in [0.3, 0.4) is 0 Å². The molecule has 0 saturated carbocycles. The molecular formula is C18H20O2S. The predicted octanol–water partition coefficient (Wildman–Crippen LogP) is 4.48. The van der Waals surface area contributed by atoms with Crippen LogP contribution in [0.5, 0.6) is 0 Å². The van der Waals surface area contributed by atoms with Gasteiger partial charge in [-0.15, -0.1) is 0 Å². The van der Waals surface area contributed by atoms with Gasteiger partial charge in [-0.1, -0.05) is 61.5 Å². The van der Waals surface area contributed by atoms with Gasteiger partial charge in [-0.3, -0.25) is 0 Å². The molecule has 2 nitrogen and oxygen atoms in total. The van der Waals surface area contributed by atoms with Crippen LogP contribution in [0.15, 0.2) is 71.0 Å². The predicted molar refractivity (Wildman–Crippen MR) is 87.0 cm³/mol.